The fourth-order valence-electron chi connectivity index (χ4n) is 1.99. The molecule has 2 N–H and O–H groups in total. The molecule has 0 aliphatic heterocycles. The van der Waals surface area contributed by atoms with Crippen molar-refractivity contribution in [3.05, 3.63) is 59.7 Å². The SMILES string of the molecule is Cc1ccc(OCC(=O)Nc2ccccc2)c(C(C)O)c1. The number of anilines is 1. The van der Waals surface area contributed by atoms with Gasteiger partial charge in [-0.2, -0.15) is 0 Å². The molecule has 4 nitrogen and oxygen atoms in total. The molecule has 0 saturated carbocycles. The van der Waals surface area contributed by atoms with Crippen molar-refractivity contribution in [3.63, 3.8) is 0 Å². The summed E-state index contributed by atoms with van der Waals surface area (Å²) in [7, 11) is 0. The van der Waals surface area contributed by atoms with Gasteiger partial charge in [0.15, 0.2) is 6.61 Å². The third-order valence-corrected chi connectivity index (χ3v) is 3.03. The molecule has 0 aliphatic rings. The van der Waals surface area contributed by atoms with Crippen LogP contribution in [0.1, 0.15) is 24.2 Å². The van der Waals surface area contributed by atoms with E-state index < -0.39 is 6.10 Å². The van der Waals surface area contributed by atoms with Crippen LogP contribution < -0.4 is 10.1 Å². The molecular weight excluding hydrogens is 266 g/mol. The number of rotatable bonds is 5. The predicted octanol–water partition coefficient (Wildman–Crippen LogP) is 3.07. The molecule has 4 heteroatoms. The van der Waals surface area contributed by atoms with Crippen LogP contribution >= 0.6 is 0 Å². The highest BCUT2D eigenvalue weighted by Crippen LogP contribution is 2.26. The molecular formula is C17H19NO3. The number of nitrogens with one attached hydrogen (secondary N) is 1. The number of aliphatic hydroxyl groups is 1. The number of ether oxygens (including phenoxy) is 1. The lowest BCUT2D eigenvalue weighted by atomic mass is 10.1. The fourth-order valence-corrected chi connectivity index (χ4v) is 1.99. The monoisotopic (exact) mass is 285 g/mol. The molecule has 0 heterocycles. The number of aliphatic hydroxyl groups excluding tert-OH is 1. The average Bonchev–Trinajstić information content (AvgIpc) is 2.47. The van der Waals surface area contributed by atoms with E-state index in [0.717, 1.165) is 11.3 Å². The smallest absolute Gasteiger partial charge is 0.262 e. The number of hydrogen-bond donors (Lipinski definition) is 2. The summed E-state index contributed by atoms with van der Waals surface area (Å²) in [6.45, 7) is 3.52. The Morgan fingerprint density at radius 2 is 1.95 bits per heavy atom. The van der Waals surface area contributed by atoms with Gasteiger partial charge in [-0.25, -0.2) is 0 Å². The first kappa shape index (κ1) is 15.1. The van der Waals surface area contributed by atoms with Crippen molar-refractivity contribution in [2.75, 3.05) is 11.9 Å². The van der Waals surface area contributed by atoms with Crippen LogP contribution in [0.25, 0.3) is 0 Å². The maximum Gasteiger partial charge on any atom is 0.262 e. The van der Waals surface area contributed by atoms with E-state index in [0.29, 0.717) is 11.3 Å². The Balaban J connectivity index is 1.98. The summed E-state index contributed by atoms with van der Waals surface area (Å²) in [4.78, 5) is 11.8. The summed E-state index contributed by atoms with van der Waals surface area (Å²) in [5.41, 5.74) is 2.44. The molecule has 1 unspecified atom stereocenters. The number of benzene rings is 2. The highest BCUT2D eigenvalue weighted by atomic mass is 16.5. The molecule has 1 amide bonds. The quantitative estimate of drug-likeness (QED) is 0.887. The second-order valence-electron chi connectivity index (χ2n) is 4.92. The van der Waals surface area contributed by atoms with E-state index >= 15 is 0 Å². The van der Waals surface area contributed by atoms with Crippen LogP contribution in [0.3, 0.4) is 0 Å². The summed E-state index contributed by atoms with van der Waals surface area (Å²) < 4.78 is 5.52. The number of aryl methyl sites for hydroxylation is 1. The van der Waals surface area contributed by atoms with Gasteiger partial charge in [0, 0.05) is 11.3 Å². The molecule has 110 valence electrons. The molecule has 21 heavy (non-hydrogen) atoms. The van der Waals surface area contributed by atoms with E-state index in [4.69, 9.17) is 4.74 Å². The van der Waals surface area contributed by atoms with Gasteiger partial charge in [0.2, 0.25) is 0 Å². The van der Waals surface area contributed by atoms with Crippen LogP contribution in [0.4, 0.5) is 5.69 Å². The second kappa shape index (κ2) is 6.90. The van der Waals surface area contributed by atoms with Crippen molar-refractivity contribution in [2.45, 2.75) is 20.0 Å². The van der Waals surface area contributed by atoms with Crippen LogP contribution in [0.5, 0.6) is 5.75 Å². The number of para-hydroxylation sites is 1. The van der Waals surface area contributed by atoms with Gasteiger partial charge < -0.3 is 15.2 Å². The van der Waals surface area contributed by atoms with Crippen LogP contribution in [0.15, 0.2) is 48.5 Å². The Kier molecular flexibility index (Phi) is 4.95. The summed E-state index contributed by atoms with van der Waals surface area (Å²) in [5, 5.41) is 12.5. The second-order valence-corrected chi connectivity index (χ2v) is 4.92. The minimum Gasteiger partial charge on any atom is -0.483 e. The highest BCUT2D eigenvalue weighted by molar-refractivity contribution is 5.91. The van der Waals surface area contributed by atoms with Gasteiger partial charge in [0.1, 0.15) is 5.75 Å². The summed E-state index contributed by atoms with van der Waals surface area (Å²) in [6, 6.07) is 14.7. The summed E-state index contributed by atoms with van der Waals surface area (Å²) in [5.74, 6) is 0.289. The molecule has 0 radical (unpaired) electrons. The van der Waals surface area contributed by atoms with E-state index in [2.05, 4.69) is 5.32 Å². The maximum atomic E-state index is 11.8. The summed E-state index contributed by atoms with van der Waals surface area (Å²) >= 11 is 0. The molecule has 2 aromatic carbocycles. The zero-order valence-corrected chi connectivity index (χ0v) is 12.2. The number of hydrogen-bond acceptors (Lipinski definition) is 3. The lowest BCUT2D eigenvalue weighted by Crippen LogP contribution is -2.20. The molecule has 2 rings (SSSR count). The summed E-state index contributed by atoms with van der Waals surface area (Å²) in [6.07, 6.45) is -0.642. The molecule has 0 saturated heterocycles. The van der Waals surface area contributed by atoms with Crippen molar-refractivity contribution in [3.8, 4) is 5.75 Å². The van der Waals surface area contributed by atoms with Crippen molar-refractivity contribution >= 4 is 11.6 Å². The van der Waals surface area contributed by atoms with Gasteiger partial charge >= 0.3 is 0 Å². The van der Waals surface area contributed by atoms with Gasteiger partial charge in [-0.3, -0.25) is 4.79 Å². The lowest BCUT2D eigenvalue weighted by molar-refractivity contribution is -0.118. The first-order chi connectivity index (χ1) is 10.1. The van der Waals surface area contributed by atoms with Crippen LogP contribution in [-0.2, 0) is 4.79 Å². The Morgan fingerprint density at radius 1 is 1.24 bits per heavy atom. The van der Waals surface area contributed by atoms with E-state index in [1.54, 1.807) is 13.0 Å². The Hall–Kier alpha value is -2.33. The first-order valence-electron chi connectivity index (χ1n) is 6.82. The topological polar surface area (TPSA) is 58.6 Å². The molecule has 1 atom stereocenters. The number of amides is 1. The third-order valence-electron chi connectivity index (χ3n) is 3.03. The molecule has 0 aromatic heterocycles. The zero-order chi connectivity index (χ0) is 15.2. The van der Waals surface area contributed by atoms with E-state index in [1.807, 2.05) is 49.4 Å². The maximum absolute atomic E-state index is 11.8. The van der Waals surface area contributed by atoms with E-state index in [-0.39, 0.29) is 12.5 Å². The number of carbonyl (C=O) groups is 1. The van der Waals surface area contributed by atoms with Gasteiger partial charge in [-0.15, -0.1) is 0 Å². The van der Waals surface area contributed by atoms with Crippen LogP contribution in [-0.4, -0.2) is 17.6 Å². The van der Waals surface area contributed by atoms with Crippen LogP contribution in [0, 0.1) is 6.92 Å². The minimum atomic E-state index is -0.642. The highest BCUT2D eigenvalue weighted by Gasteiger charge is 2.11. The first-order valence-corrected chi connectivity index (χ1v) is 6.82. The minimum absolute atomic E-state index is 0.0995. The van der Waals surface area contributed by atoms with E-state index in [1.165, 1.54) is 0 Å². The van der Waals surface area contributed by atoms with Gasteiger partial charge in [0.05, 0.1) is 6.10 Å². The Morgan fingerprint density at radius 3 is 2.62 bits per heavy atom. The molecule has 0 fully saturated rings. The Labute approximate surface area is 124 Å². The largest absolute Gasteiger partial charge is 0.483 e. The molecule has 0 aliphatic carbocycles. The normalized spacial score (nSPS) is 11.8. The fraction of sp³-hybridized carbons (Fsp3) is 0.235. The van der Waals surface area contributed by atoms with Crippen LogP contribution in [0.2, 0.25) is 0 Å². The van der Waals surface area contributed by atoms with Gasteiger partial charge in [-0.1, -0.05) is 29.8 Å². The van der Waals surface area contributed by atoms with Crippen molar-refractivity contribution in [2.24, 2.45) is 0 Å². The lowest BCUT2D eigenvalue weighted by Gasteiger charge is -2.14. The molecule has 0 bridgehead atoms. The molecule has 2 aromatic rings. The van der Waals surface area contributed by atoms with Crippen molar-refractivity contribution < 1.29 is 14.6 Å². The van der Waals surface area contributed by atoms with Crippen molar-refractivity contribution in [1.29, 1.82) is 0 Å². The zero-order valence-electron chi connectivity index (χ0n) is 12.2. The van der Waals surface area contributed by atoms with Gasteiger partial charge in [0.25, 0.3) is 5.91 Å². The Bertz CT molecular complexity index is 609. The average molecular weight is 285 g/mol. The van der Waals surface area contributed by atoms with E-state index in [9.17, 15) is 9.90 Å². The van der Waals surface area contributed by atoms with Gasteiger partial charge in [-0.05, 0) is 38.1 Å². The standard InChI is InChI=1S/C17H19NO3/c1-12-8-9-16(15(10-12)13(2)19)21-11-17(20)18-14-6-4-3-5-7-14/h3-10,13,19H,11H2,1-2H3,(H,18,20). The molecule has 0 spiro atoms. The predicted molar refractivity (Wildman–Crippen MR) is 82.4 cm³/mol. The third kappa shape index (κ3) is 4.33. The van der Waals surface area contributed by atoms with Crippen molar-refractivity contribution in [1.82, 2.24) is 0 Å². The number of carbonyl (C=O) groups excluding carboxylic acids is 1.